The molecule has 0 fully saturated rings. The lowest BCUT2D eigenvalue weighted by Gasteiger charge is -2.18. The molecule has 1 heteroatoms. The van der Waals surface area contributed by atoms with E-state index in [9.17, 15) is 0 Å². The Hall–Kier alpha value is -0.830. The van der Waals surface area contributed by atoms with Gasteiger partial charge in [0.15, 0.2) is 0 Å². The van der Waals surface area contributed by atoms with E-state index in [4.69, 9.17) is 0 Å². The Balaban J connectivity index is 2.49. The number of rotatable bonds is 2. The molecule has 0 saturated carbocycles. The summed E-state index contributed by atoms with van der Waals surface area (Å²) in [5.41, 5.74) is 8.13. The summed E-state index contributed by atoms with van der Waals surface area (Å²) in [5, 5.41) is 0. The topological polar surface area (TPSA) is 0 Å². The molecule has 2 rings (SSSR count). The first-order valence-electron chi connectivity index (χ1n) is 6.67. The maximum absolute atomic E-state index is 2.49. The maximum Gasteiger partial charge on any atom is 0.0414 e. The third kappa shape index (κ3) is 3.19. The lowest BCUT2D eigenvalue weighted by atomic mass is 9.92. The molecule has 0 aliphatic heterocycles. The van der Waals surface area contributed by atoms with Gasteiger partial charge in [0.25, 0.3) is 0 Å². The van der Waals surface area contributed by atoms with Crippen LogP contribution in [-0.4, -0.2) is 0 Å². The van der Waals surface area contributed by atoms with Crippen LogP contribution in [0.2, 0.25) is 0 Å². The second kappa shape index (κ2) is 5.28. The lowest BCUT2D eigenvalue weighted by Crippen LogP contribution is -2.05. The summed E-state index contributed by atoms with van der Waals surface area (Å²) in [4.78, 5) is 0. The molecule has 0 atom stereocenters. The molecule has 0 heterocycles. The summed E-state index contributed by atoms with van der Waals surface area (Å²) >= 11 is 2.49. The van der Waals surface area contributed by atoms with Gasteiger partial charge in [-0.2, -0.15) is 0 Å². The van der Waals surface area contributed by atoms with Crippen molar-refractivity contribution in [3.63, 3.8) is 0 Å². The molecule has 19 heavy (non-hydrogen) atoms. The lowest BCUT2D eigenvalue weighted by molar-refractivity contribution is 0.827. The molecule has 0 bridgehead atoms. The molecule has 0 aliphatic carbocycles. The Kier molecular flexibility index (Phi) is 4.05. The highest BCUT2D eigenvalue weighted by atomic mass is 127. The fraction of sp³-hybridized carbons (Fsp3) is 0.333. The number of aryl methyl sites for hydroxylation is 3. The molecule has 2 aromatic carbocycles. The molecule has 0 saturated heterocycles. The van der Waals surface area contributed by atoms with E-state index >= 15 is 0 Å². The van der Waals surface area contributed by atoms with Crippen LogP contribution in [0.15, 0.2) is 36.4 Å². The van der Waals surface area contributed by atoms with E-state index in [2.05, 4.69) is 93.6 Å². The molecule has 2 aromatic rings. The quantitative estimate of drug-likeness (QED) is 0.456. The summed E-state index contributed by atoms with van der Waals surface area (Å²) < 4.78 is 0.188. The van der Waals surface area contributed by atoms with Gasteiger partial charge < -0.3 is 0 Å². The molecule has 0 aromatic heterocycles. The summed E-state index contributed by atoms with van der Waals surface area (Å²) in [6.45, 7) is 11.0. The first-order chi connectivity index (χ1) is 8.79. The van der Waals surface area contributed by atoms with E-state index in [0.717, 1.165) is 0 Å². The molecule has 0 N–H and O–H groups in total. The van der Waals surface area contributed by atoms with E-state index < -0.39 is 0 Å². The second-order valence-corrected chi connectivity index (χ2v) is 8.52. The fourth-order valence-electron chi connectivity index (χ4n) is 2.67. The van der Waals surface area contributed by atoms with Crippen molar-refractivity contribution in [1.82, 2.24) is 0 Å². The zero-order chi connectivity index (χ0) is 14.2. The highest BCUT2D eigenvalue weighted by Gasteiger charge is 2.15. The maximum atomic E-state index is 2.49. The number of benzene rings is 2. The van der Waals surface area contributed by atoms with Gasteiger partial charge >= 0.3 is 0 Å². The molecule has 0 nitrogen and oxygen atoms in total. The predicted molar refractivity (Wildman–Crippen MR) is 93.1 cm³/mol. The first kappa shape index (κ1) is 14.6. The zero-order valence-electron chi connectivity index (χ0n) is 12.3. The van der Waals surface area contributed by atoms with Crippen LogP contribution in [0, 0.1) is 20.8 Å². The Morgan fingerprint density at radius 1 is 0.842 bits per heavy atom. The normalized spacial score (nSPS) is 11.7. The molecular formula is C18H21I. The van der Waals surface area contributed by atoms with Crippen molar-refractivity contribution in [2.45, 2.75) is 38.0 Å². The van der Waals surface area contributed by atoms with Crippen LogP contribution < -0.4 is 0 Å². The number of hydrogen-bond acceptors (Lipinski definition) is 0. The highest BCUT2D eigenvalue weighted by Crippen LogP contribution is 2.33. The van der Waals surface area contributed by atoms with Gasteiger partial charge in [-0.05, 0) is 62.4 Å². The predicted octanol–water partition coefficient (Wildman–Crippen LogP) is 5.95. The molecule has 0 aliphatic rings. The minimum Gasteiger partial charge on any atom is -0.0743 e. The third-order valence-electron chi connectivity index (χ3n) is 3.54. The van der Waals surface area contributed by atoms with E-state index in [1.165, 1.54) is 33.4 Å². The Bertz CT molecular complexity index is 563. The van der Waals surface area contributed by atoms with Crippen molar-refractivity contribution in [2.75, 3.05) is 0 Å². The Morgan fingerprint density at radius 2 is 1.32 bits per heavy atom. The zero-order valence-corrected chi connectivity index (χ0v) is 14.5. The molecule has 0 unspecified atom stereocenters. The van der Waals surface area contributed by atoms with Gasteiger partial charge in [-0.1, -0.05) is 64.6 Å². The van der Waals surface area contributed by atoms with Crippen LogP contribution >= 0.6 is 22.6 Å². The molecule has 100 valence electrons. The summed E-state index contributed by atoms with van der Waals surface area (Å²) in [6, 6.07) is 13.5. The second-order valence-electron chi connectivity index (χ2n) is 5.82. The Morgan fingerprint density at radius 3 is 1.74 bits per heavy atom. The standard InChI is InChI=1S/C18H21I/c1-12-10-13(2)17(14(3)11-12)15-6-8-16(9-7-15)18(4,5)19/h6-11H,1-5H3. The van der Waals surface area contributed by atoms with Crippen molar-refractivity contribution in [1.29, 1.82) is 0 Å². The number of halogens is 1. The SMILES string of the molecule is Cc1cc(C)c(-c2ccc(C(C)(C)I)cc2)c(C)c1. The van der Waals surface area contributed by atoms with Crippen LogP contribution in [-0.2, 0) is 3.42 Å². The van der Waals surface area contributed by atoms with Gasteiger partial charge in [0, 0.05) is 3.42 Å². The van der Waals surface area contributed by atoms with Crippen LogP contribution in [0.5, 0.6) is 0 Å². The number of hydrogen-bond donors (Lipinski definition) is 0. The fourth-order valence-corrected chi connectivity index (χ4v) is 3.03. The van der Waals surface area contributed by atoms with E-state index in [1.807, 2.05) is 0 Å². The number of alkyl halides is 1. The molecule has 0 spiro atoms. The molecule has 0 radical (unpaired) electrons. The summed E-state index contributed by atoms with van der Waals surface area (Å²) in [7, 11) is 0. The van der Waals surface area contributed by atoms with Crippen LogP contribution in [0.3, 0.4) is 0 Å². The summed E-state index contributed by atoms with van der Waals surface area (Å²) in [6.07, 6.45) is 0. The minimum absolute atomic E-state index is 0.188. The van der Waals surface area contributed by atoms with Gasteiger partial charge in [-0.25, -0.2) is 0 Å². The molecule has 0 amide bonds. The average Bonchev–Trinajstić information content (AvgIpc) is 2.27. The smallest absolute Gasteiger partial charge is 0.0414 e. The minimum atomic E-state index is 0.188. The van der Waals surface area contributed by atoms with Crippen molar-refractivity contribution in [3.05, 3.63) is 58.7 Å². The van der Waals surface area contributed by atoms with Gasteiger partial charge in [0.1, 0.15) is 0 Å². The van der Waals surface area contributed by atoms with E-state index in [0.29, 0.717) is 0 Å². The molecular weight excluding hydrogens is 343 g/mol. The first-order valence-corrected chi connectivity index (χ1v) is 7.74. The van der Waals surface area contributed by atoms with Gasteiger partial charge in [-0.3, -0.25) is 0 Å². The average molecular weight is 364 g/mol. The van der Waals surface area contributed by atoms with Crippen molar-refractivity contribution < 1.29 is 0 Å². The van der Waals surface area contributed by atoms with Crippen molar-refractivity contribution >= 4 is 22.6 Å². The van der Waals surface area contributed by atoms with E-state index in [1.54, 1.807) is 0 Å². The van der Waals surface area contributed by atoms with Crippen LogP contribution in [0.25, 0.3) is 11.1 Å². The highest BCUT2D eigenvalue weighted by molar-refractivity contribution is 14.1. The Labute approximate surface area is 130 Å². The van der Waals surface area contributed by atoms with Crippen LogP contribution in [0.1, 0.15) is 36.1 Å². The van der Waals surface area contributed by atoms with Crippen molar-refractivity contribution in [2.24, 2.45) is 0 Å². The van der Waals surface area contributed by atoms with Gasteiger partial charge in [0.05, 0.1) is 0 Å². The monoisotopic (exact) mass is 364 g/mol. The third-order valence-corrected chi connectivity index (χ3v) is 4.16. The van der Waals surface area contributed by atoms with Crippen molar-refractivity contribution in [3.8, 4) is 11.1 Å². The van der Waals surface area contributed by atoms with Crippen LogP contribution in [0.4, 0.5) is 0 Å². The summed E-state index contributed by atoms with van der Waals surface area (Å²) in [5.74, 6) is 0. The van der Waals surface area contributed by atoms with E-state index in [-0.39, 0.29) is 3.42 Å². The van der Waals surface area contributed by atoms with Gasteiger partial charge in [-0.15, -0.1) is 0 Å². The van der Waals surface area contributed by atoms with Gasteiger partial charge in [0.2, 0.25) is 0 Å². The largest absolute Gasteiger partial charge is 0.0743 e.